The molecule has 3 aromatic rings. The van der Waals surface area contributed by atoms with Gasteiger partial charge in [0.25, 0.3) is 0 Å². The van der Waals surface area contributed by atoms with Crippen molar-refractivity contribution in [2.75, 3.05) is 5.32 Å². The highest BCUT2D eigenvalue weighted by Crippen LogP contribution is 2.26. The zero-order valence-electron chi connectivity index (χ0n) is 13.4. The number of thiocarbonyl (C=S) groups is 1. The number of oxazole rings is 1. The van der Waals surface area contributed by atoms with Gasteiger partial charge in [0.05, 0.1) is 5.25 Å². The number of nitrogens with zero attached hydrogens (tertiary/aromatic N) is 1. The quantitative estimate of drug-likeness (QED) is 0.672. The van der Waals surface area contributed by atoms with Crippen molar-refractivity contribution >= 4 is 56.9 Å². The van der Waals surface area contributed by atoms with Crippen molar-refractivity contribution in [2.45, 2.75) is 11.7 Å². The lowest BCUT2D eigenvalue weighted by molar-refractivity contribution is -0.122. The van der Waals surface area contributed by atoms with Crippen LogP contribution in [0, 0.1) is 0 Å². The molecule has 0 spiro atoms. The molecule has 2 aromatic carbocycles. The standard InChI is InChI=1S/C18H13N3O3S2/c22-15(9-14-16(23)21-18(25)26-14)19-11-7-5-10(6-8-11)17-20-12-3-1-2-4-13(12)24-17/h1-8,14H,9H2,(H,19,22)(H,21,23,25)/t14-/m0/s1. The van der Waals surface area contributed by atoms with E-state index in [0.29, 0.717) is 15.9 Å². The Morgan fingerprint density at radius 3 is 2.69 bits per heavy atom. The lowest BCUT2D eigenvalue weighted by Gasteiger charge is -2.07. The summed E-state index contributed by atoms with van der Waals surface area (Å²) in [5.74, 6) is 0.0648. The molecule has 1 atom stereocenters. The summed E-state index contributed by atoms with van der Waals surface area (Å²) < 4.78 is 6.14. The number of aromatic nitrogens is 1. The summed E-state index contributed by atoms with van der Waals surface area (Å²) in [6.07, 6.45) is 0.0729. The van der Waals surface area contributed by atoms with E-state index in [9.17, 15) is 9.59 Å². The van der Waals surface area contributed by atoms with Crippen molar-refractivity contribution in [1.82, 2.24) is 10.3 Å². The molecule has 1 saturated heterocycles. The summed E-state index contributed by atoms with van der Waals surface area (Å²) in [6.45, 7) is 0. The lowest BCUT2D eigenvalue weighted by Crippen LogP contribution is -2.27. The average molecular weight is 383 g/mol. The van der Waals surface area contributed by atoms with Gasteiger partial charge in [-0.1, -0.05) is 36.1 Å². The maximum absolute atomic E-state index is 12.1. The fraction of sp³-hybridized carbons (Fsp3) is 0.111. The van der Waals surface area contributed by atoms with E-state index in [1.54, 1.807) is 12.1 Å². The van der Waals surface area contributed by atoms with Crippen molar-refractivity contribution in [3.8, 4) is 11.5 Å². The Balaban J connectivity index is 1.43. The number of carbonyl (C=O) groups excluding carboxylic acids is 2. The summed E-state index contributed by atoms with van der Waals surface area (Å²) in [6, 6.07) is 14.7. The molecule has 0 saturated carbocycles. The molecule has 0 aliphatic carbocycles. The molecule has 8 heteroatoms. The topological polar surface area (TPSA) is 84.2 Å². The third kappa shape index (κ3) is 3.47. The van der Waals surface area contributed by atoms with Crippen molar-refractivity contribution in [2.24, 2.45) is 0 Å². The number of nitrogens with one attached hydrogen (secondary N) is 2. The molecule has 26 heavy (non-hydrogen) atoms. The molecule has 0 radical (unpaired) electrons. The van der Waals surface area contributed by atoms with Gasteiger partial charge in [-0.2, -0.15) is 0 Å². The molecule has 130 valence electrons. The Kier molecular flexibility index (Phi) is 4.44. The third-order valence-electron chi connectivity index (χ3n) is 3.85. The molecule has 2 N–H and O–H groups in total. The molecule has 1 aliphatic rings. The number of rotatable bonds is 4. The van der Waals surface area contributed by atoms with Crippen LogP contribution in [-0.2, 0) is 9.59 Å². The molecule has 0 bridgehead atoms. The number of benzene rings is 2. The summed E-state index contributed by atoms with van der Waals surface area (Å²) in [5, 5.41) is 4.84. The van der Waals surface area contributed by atoms with Gasteiger partial charge in [-0.3, -0.25) is 9.59 Å². The molecule has 1 fully saturated rings. The number of anilines is 1. The number of hydrogen-bond acceptors (Lipinski definition) is 6. The summed E-state index contributed by atoms with van der Waals surface area (Å²) in [4.78, 5) is 28.2. The summed E-state index contributed by atoms with van der Waals surface area (Å²) in [5.41, 5.74) is 2.98. The van der Waals surface area contributed by atoms with Gasteiger partial charge in [-0.15, -0.1) is 0 Å². The minimum absolute atomic E-state index is 0.0729. The number of fused-ring (bicyclic) bond motifs is 1. The number of thioether (sulfide) groups is 1. The molecule has 0 unspecified atom stereocenters. The van der Waals surface area contributed by atoms with E-state index >= 15 is 0 Å². The van der Waals surface area contributed by atoms with Gasteiger partial charge in [-0.05, 0) is 36.4 Å². The number of amides is 2. The van der Waals surface area contributed by atoms with Crippen LogP contribution in [0.2, 0.25) is 0 Å². The van der Waals surface area contributed by atoms with Crippen molar-refractivity contribution < 1.29 is 14.0 Å². The maximum Gasteiger partial charge on any atom is 0.239 e. The fourth-order valence-corrected chi connectivity index (χ4v) is 3.87. The first-order chi connectivity index (χ1) is 12.6. The first-order valence-electron chi connectivity index (χ1n) is 7.86. The van der Waals surface area contributed by atoms with E-state index in [0.717, 1.165) is 16.7 Å². The van der Waals surface area contributed by atoms with Gasteiger partial charge >= 0.3 is 0 Å². The number of hydrogen-bond donors (Lipinski definition) is 2. The molecule has 2 amide bonds. The first-order valence-corrected chi connectivity index (χ1v) is 9.14. The maximum atomic E-state index is 12.1. The van der Waals surface area contributed by atoms with Gasteiger partial charge < -0.3 is 15.1 Å². The second-order valence-electron chi connectivity index (χ2n) is 5.70. The largest absolute Gasteiger partial charge is 0.436 e. The molecule has 2 heterocycles. The number of carbonyl (C=O) groups is 2. The Bertz CT molecular complexity index is 981. The van der Waals surface area contributed by atoms with Crippen LogP contribution in [0.25, 0.3) is 22.6 Å². The molecule has 4 rings (SSSR count). The average Bonchev–Trinajstić information content (AvgIpc) is 3.18. The second kappa shape index (κ2) is 6.89. The minimum Gasteiger partial charge on any atom is -0.436 e. The normalized spacial score (nSPS) is 16.7. The van der Waals surface area contributed by atoms with E-state index in [1.807, 2.05) is 36.4 Å². The Labute approximate surface area is 158 Å². The van der Waals surface area contributed by atoms with Crippen LogP contribution in [0.5, 0.6) is 0 Å². The Morgan fingerprint density at radius 1 is 1.23 bits per heavy atom. The molecule has 1 aliphatic heterocycles. The minimum atomic E-state index is -0.471. The van der Waals surface area contributed by atoms with Gasteiger partial charge in [-0.25, -0.2) is 4.98 Å². The Hall–Kier alpha value is -2.71. The van der Waals surface area contributed by atoms with Crippen LogP contribution in [0.4, 0.5) is 5.69 Å². The van der Waals surface area contributed by atoms with Crippen molar-refractivity contribution in [3.05, 3.63) is 48.5 Å². The van der Waals surface area contributed by atoms with Crippen molar-refractivity contribution in [3.63, 3.8) is 0 Å². The van der Waals surface area contributed by atoms with Gasteiger partial charge in [0.2, 0.25) is 17.7 Å². The molecule has 1 aromatic heterocycles. The van der Waals surface area contributed by atoms with Crippen LogP contribution < -0.4 is 10.6 Å². The van der Waals surface area contributed by atoms with E-state index < -0.39 is 5.25 Å². The van der Waals surface area contributed by atoms with E-state index in [2.05, 4.69) is 15.6 Å². The van der Waals surface area contributed by atoms with Gasteiger partial charge in [0.1, 0.15) is 9.84 Å². The van der Waals surface area contributed by atoms with E-state index in [4.69, 9.17) is 16.6 Å². The highest BCUT2D eigenvalue weighted by atomic mass is 32.2. The highest BCUT2D eigenvalue weighted by molar-refractivity contribution is 8.24. The monoisotopic (exact) mass is 383 g/mol. The Morgan fingerprint density at radius 2 is 2.00 bits per heavy atom. The zero-order valence-corrected chi connectivity index (χ0v) is 15.0. The highest BCUT2D eigenvalue weighted by Gasteiger charge is 2.30. The third-order valence-corrected chi connectivity index (χ3v) is 5.22. The SMILES string of the molecule is O=C(C[C@@H]1SC(=S)NC1=O)Nc1ccc(-c2nc3ccccc3o2)cc1. The summed E-state index contributed by atoms with van der Waals surface area (Å²) in [7, 11) is 0. The second-order valence-corrected chi connectivity index (χ2v) is 7.58. The fourth-order valence-electron chi connectivity index (χ4n) is 2.60. The van der Waals surface area contributed by atoms with Gasteiger partial charge in [0.15, 0.2) is 5.58 Å². The van der Waals surface area contributed by atoms with E-state index in [-0.39, 0.29) is 18.2 Å². The number of para-hydroxylation sites is 2. The predicted molar refractivity (Wildman–Crippen MR) is 105 cm³/mol. The smallest absolute Gasteiger partial charge is 0.239 e. The van der Waals surface area contributed by atoms with Gasteiger partial charge in [0, 0.05) is 17.7 Å². The van der Waals surface area contributed by atoms with E-state index in [1.165, 1.54) is 11.8 Å². The van der Waals surface area contributed by atoms with Crippen LogP contribution in [0.1, 0.15) is 6.42 Å². The zero-order chi connectivity index (χ0) is 18.1. The van der Waals surface area contributed by atoms with Crippen LogP contribution >= 0.6 is 24.0 Å². The van der Waals surface area contributed by atoms with Crippen LogP contribution in [0.15, 0.2) is 52.9 Å². The molecule has 6 nitrogen and oxygen atoms in total. The molecular weight excluding hydrogens is 370 g/mol. The first kappa shape index (κ1) is 16.7. The summed E-state index contributed by atoms with van der Waals surface area (Å²) >= 11 is 6.13. The van der Waals surface area contributed by atoms with Crippen molar-refractivity contribution in [1.29, 1.82) is 0 Å². The molecular formula is C18H13N3O3S2. The predicted octanol–water partition coefficient (Wildman–Crippen LogP) is 3.34. The lowest BCUT2D eigenvalue weighted by atomic mass is 10.2. The van der Waals surface area contributed by atoms with Crippen LogP contribution in [-0.4, -0.2) is 26.4 Å². The van der Waals surface area contributed by atoms with Crippen LogP contribution in [0.3, 0.4) is 0 Å².